The van der Waals surface area contributed by atoms with Crippen LogP contribution in [0.5, 0.6) is 0 Å². The van der Waals surface area contributed by atoms with Crippen LogP contribution in [0.1, 0.15) is 19.8 Å². The van der Waals surface area contributed by atoms with Gasteiger partial charge in [0.2, 0.25) is 0 Å². The molecule has 96 valence electrons. The average molecular weight is 252 g/mol. The van der Waals surface area contributed by atoms with Crippen molar-refractivity contribution < 1.29 is 36.2 Å². The minimum Gasteiger partial charge on any atom is -0.358 e. The number of rotatable bonds is 0. The molecule has 1 heterocycles. The normalized spacial score (nSPS) is 37.5. The molecule has 0 aromatic rings. The van der Waals surface area contributed by atoms with Crippen molar-refractivity contribution in [3.63, 3.8) is 0 Å². The van der Waals surface area contributed by atoms with E-state index in [9.17, 15) is 26.3 Å². The predicted molar refractivity (Wildman–Crippen MR) is 40.4 cm³/mol. The van der Waals surface area contributed by atoms with Gasteiger partial charge in [-0.15, -0.1) is 0 Å². The molecule has 2 unspecified atom stereocenters. The molecule has 0 saturated carbocycles. The molecular formula is C8H10F6O2. The Bertz CT molecular complexity index is 247. The maximum atomic E-state index is 12.5. The highest BCUT2D eigenvalue weighted by Gasteiger charge is 2.65. The molecule has 1 N–H and O–H groups in total. The zero-order valence-corrected chi connectivity index (χ0v) is 8.24. The molecule has 0 aromatic carbocycles. The molecule has 0 radical (unpaired) electrons. The molecule has 8 heteroatoms. The summed E-state index contributed by atoms with van der Waals surface area (Å²) in [6.45, 7) is -0.141. The molecule has 1 rings (SSSR count). The van der Waals surface area contributed by atoms with E-state index in [0.717, 1.165) is 0 Å². The Morgan fingerprint density at radius 1 is 1.06 bits per heavy atom. The van der Waals surface area contributed by atoms with Crippen LogP contribution < -0.4 is 0 Å². The summed E-state index contributed by atoms with van der Waals surface area (Å²) < 4.78 is 78.6. The van der Waals surface area contributed by atoms with E-state index in [2.05, 4.69) is 4.74 Å². The van der Waals surface area contributed by atoms with Gasteiger partial charge in [0.25, 0.3) is 5.79 Å². The standard InChI is InChI=1S/C8H10F6O2/c1-5(7(9,10)11)2-3-16-6(15,4-5)8(12,13)14/h15H,2-4H2,1H3. The number of hydrogen-bond donors (Lipinski definition) is 1. The highest BCUT2D eigenvalue weighted by atomic mass is 19.4. The van der Waals surface area contributed by atoms with Crippen LogP contribution in [0, 0.1) is 5.41 Å². The molecule has 1 aliphatic heterocycles. The van der Waals surface area contributed by atoms with Gasteiger partial charge >= 0.3 is 12.4 Å². The molecule has 0 amide bonds. The fraction of sp³-hybridized carbons (Fsp3) is 1.00. The minimum absolute atomic E-state index is 0.602. The Kier molecular flexibility index (Phi) is 2.96. The fourth-order valence-electron chi connectivity index (χ4n) is 1.54. The second kappa shape index (κ2) is 3.49. The first-order chi connectivity index (χ1) is 6.91. The summed E-state index contributed by atoms with van der Waals surface area (Å²) in [5, 5.41) is 9.06. The first-order valence-corrected chi connectivity index (χ1v) is 4.41. The van der Waals surface area contributed by atoms with E-state index in [-0.39, 0.29) is 0 Å². The van der Waals surface area contributed by atoms with Crippen LogP contribution in [0.15, 0.2) is 0 Å². The summed E-state index contributed by atoms with van der Waals surface area (Å²) in [6, 6.07) is 0. The van der Waals surface area contributed by atoms with Gasteiger partial charge in [-0.25, -0.2) is 0 Å². The zero-order chi connectivity index (χ0) is 12.8. The van der Waals surface area contributed by atoms with Crippen molar-refractivity contribution >= 4 is 0 Å². The van der Waals surface area contributed by atoms with Crippen molar-refractivity contribution in [1.29, 1.82) is 0 Å². The maximum Gasteiger partial charge on any atom is 0.443 e. The zero-order valence-electron chi connectivity index (χ0n) is 8.24. The van der Waals surface area contributed by atoms with Crippen LogP contribution in [0.25, 0.3) is 0 Å². The highest BCUT2D eigenvalue weighted by molar-refractivity contribution is 4.94. The number of halogens is 6. The first-order valence-electron chi connectivity index (χ1n) is 4.41. The SMILES string of the molecule is CC1(C(F)(F)F)CCOC(O)(C(F)(F)F)C1. The molecule has 0 bridgehead atoms. The molecule has 0 spiro atoms. The van der Waals surface area contributed by atoms with Gasteiger partial charge < -0.3 is 9.84 Å². The van der Waals surface area contributed by atoms with Crippen LogP contribution >= 0.6 is 0 Å². The van der Waals surface area contributed by atoms with Crippen molar-refractivity contribution in [3.8, 4) is 0 Å². The van der Waals surface area contributed by atoms with Crippen LogP contribution in [0.2, 0.25) is 0 Å². The van der Waals surface area contributed by atoms with Crippen molar-refractivity contribution in [2.24, 2.45) is 5.41 Å². The van der Waals surface area contributed by atoms with Gasteiger partial charge in [-0.3, -0.25) is 0 Å². The maximum absolute atomic E-state index is 12.5. The van der Waals surface area contributed by atoms with Gasteiger partial charge in [0.1, 0.15) is 0 Å². The Morgan fingerprint density at radius 3 is 1.94 bits per heavy atom. The smallest absolute Gasteiger partial charge is 0.358 e. The third-order valence-corrected chi connectivity index (χ3v) is 2.75. The Balaban J connectivity index is 2.98. The van der Waals surface area contributed by atoms with Gasteiger partial charge in [0, 0.05) is 6.42 Å². The number of ether oxygens (including phenoxy) is 1. The lowest BCUT2D eigenvalue weighted by atomic mass is 9.77. The first kappa shape index (κ1) is 13.6. The third kappa shape index (κ3) is 2.13. The van der Waals surface area contributed by atoms with Crippen molar-refractivity contribution in [1.82, 2.24) is 0 Å². The lowest BCUT2D eigenvalue weighted by Gasteiger charge is -2.44. The summed E-state index contributed by atoms with van der Waals surface area (Å²) in [5.41, 5.74) is -2.59. The number of aliphatic hydroxyl groups is 1. The summed E-state index contributed by atoms with van der Waals surface area (Å²) in [7, 11) is 0. The van der Waals surface area contributed by atoms with E-state index in [1.807, 2.05) is 0 Å². The van der Waals surface area contributed by atoms with Gasteiger partial charge in [0.15, 0.2) is 0 Å². The van der Waals surface area contributed by atoms with Gasteiger partial charge in [-0.2, -0.15) is 26.3 Å². The second-order valence-corrected chi connectivity index (χ2v) is 4.12. The van der Waals surface area contributed by atoms with E-state index >= 15 is 0 Å². The van der Waals surface area contributed by atoms with E-state index in [4.69, 9.17) is 5.11 Å². The van der Waals surface area contributed by atoms with Crippen LogP contribution in [-0.4, -0.2) is 29.9 Å². The monoisotopic (exact) mass is 252 g/mol. The summed E-state index contributed by atoms with van der Waals surface area (Å²) >= 11 is 0. The Hall–Kier alpha value is -0.500. The Labute approximate surface area is 87.2 Å². The predicted octanol–water partition coefficient (Wildman–Crippen LogP) is 2.62. The molecule has 1 fully saturated rings. The highest BCUT2D eigenvalue weighted by Crippen LogP contribution is 2.52. The minimum atomic E-state index is -5.24. The average Bonchev–Trinajstić information content (AvgIpc) is 1.99. The molecule has 0 aliphatic carbocycles. The van der Waals surface area contributed by atoms with E-state index < -0.39 is 43.0 Å². The molecular weight excluding hydrogens is 242 g/mol. The molecule has 2 atom stereocenters. The third-order valence-electron chi connectivity index (χ3n) is 2.75. The summed E-state index contributed by atoms with van der Waals surface area (Å²) in [4.78, 5) is 0. The van der Waals surface area contributed by atoms with E-state index in [0.29, 0.717) is 6.92 Å². The summed E-state index contributed by atoms with van der Waals surface area (Å²) in [6.07, 6.45) is -12.2. The quantitative estimate of drug-likeness (QED) is 0.671. The summed E-state index contributed by atoms with van der Waals surface area (Å²) in [5.74, 6) is -3.71. The number of hydrogen-bond acceptors (Lipinski definition) is 2. The molecule has 1 saturated heterocycles. The van der Waals surface area contributed by atoms with Crippen molar-refractivity contribution in [2.45, 2.75) is 37.9 Å². The topological polar surface area (TPSA) is 29.5 Å². The molecule has 1 aliphatic rings. The molecule has 16 heavy (non-hydrogen) atoms. The largest absolute Gasteiger partial charge is 0.443 e. The van der Waals surface area contributed by atoms with Gasteiger partial charge in [-0.1, -0.05) is 6.92 Å². The molecule has 2 nitrogen and oxygen atoms in total. The van der Waals surface area contributed by atoms with E-state index in [1.54, 1.807) is 0 Å². The van der Waals surface area contributed by atoms with Crippen LogP contribution in [0.4, 0.5) is 26.3 Å². The van der Waals surface area contributed by atoms with Gasteiger partial charge in [0.05, 0.1) is 12.0 Å². The lowest BCUT2D eigenvalue weighted by molar-refractivity contribution is -0.404. The Morgan fingerprint density at radius 2 is 1.56 bits per heavy atom. The van der Waals surface area contributed by atoms with Crippen LogP contribution in [0.3, 0.4) is 0 Å². The lowest BCUT2D eigenvalue weighted by Crippen LogP contribution is -2.57. The van der Waals surface area contributed by atoms with Crippen molar-refractivity contribution in [2.75, 3.05) is 6.61 Å². The fourth-order valence-corrected chi connectivity index (χ4v) is 1.54. The van der Waals surface area contributed by atoms with Gasteiger partial charge in [-0.05, 0) is 6.42 Å². The molecule has 0 aromatic heterocycles. The number of alkyl halides is 6. The second-order valence-electron chi connectivity index (χ2n) is 4.12. The van der Waals surface area contributed by atoms with E-state index in [1.165, 1.54) is 0 Å². The van der Waals surface area contributed by atoms with Crippen molar-refractivity contribution in [3.05, 3.63) is 0 Å². The van der Waals surface area contributed by atoms with Crippen LogP contribution in [-0.2, 0) is 4.74 Å².